The number of unbranched alkanes of at least 4 members (excludes halogenated alkanes) is 2. The predicted molar refractivity (Wildman–Crippen MR) is 220 cm³/mol. The molecule has 0 amide bonds. The van der Waals surface area contributed by atoms with E-state index in [0.29, 0.717) is 6.61 Å². The van der Waals surface area contributed by atoms with Crippen LogP contribution in [-0.2, 0) is 18.3 Å². The molecule has 0 saturated heterocycles. The average molecular weight is 677 g/mol. The molecule has 0 unspecified atom stereocenters. The van der Waals surface area contributed by atoms with Gasteiger partial charge in [-0.05, 0) is 97.5 Å². The van der Waals surface area contributed by atoms with Crippen molar-refractivity contribution < 1.29 is 4.74 Å². The van der Waals surface area contributed by atoms with E-state index in [2.05, 4.69) is 157 Å². The van der Waals surface area contributed by atoms with Gasteiger partial charge in [0.2, 0.25) is 0 Å². The lowest BCUT2D eigenvalue weighted by molar-refractivity contribution is 0.354. The van der Waals surface area contributed by atoms with Crippen LogP contribution in [0.4, 0.5) is 0 Å². The Kier molecular flexibility index (Phi) is 10.7. The van der Waals surface area contributed by atoms with Crippen molar-refractivity contribution >= 4 is 13.3 Å². The lowest BCUT2D eigenvalue weighted by atomic mass is 9.86. The highest BCUT2D eigenvalue weighted by Gasteiger charge is 2.44. The van der Waals surface area contributed by atoms with E-state index in [1.165, 1.54) is 92.1 Å². The Balaban J connectivity index is 1.54. The third kappa shape index (κ3) is 7.19. The van der Waals surface area contributed by atoms with Gasteiger partial charge < -0.3 is 4.74 Å². The predicted octanol–water partition coefficient (Wildman–Crippen LogP) is 12.8. The molecule has 1 aliphatic rings. The molecule has 1 aliphatic carbocycles. The monoisotopic (exact) mass is 676 g/mol. The van der Waals surface area contributed by atoms with Crippen molar-refractivity contribution in [1.29, 1.82) is 0 Å². The molecule has 1 nitrogen and oxygen atoms in total. The fourth-order valence-electron chi connectivity index (χ4n) is 8.06. The van der Waals surface area contributed by atoms with E-state index in [4.69, 9.17) is 4.74 Å². The number of para-hydroxylation sites is 1. The molecule has 0 aromatic heterocycles. The molecule has 5 aromatic carbocycles. The summed E-state index contributed by atoms with van der Waals surface area (Å²) < 4.78 is 6.66. The SMILES string of the molecule is C=CCOc1c(C(C)(C)C)cccc1[Si](C)(C)C1c2cc(-c3cccc(CCCC)c3)ccc2-c2ccc(-c3cccc(CCCC)c3)cc21. The van der Waals surface area contributed by atoms with Gasteiger partial charge in [0.05, 0.1) is 8.07 Å². The molecule has 258 valence electrons. The van der Waals surface area contributed by atoms with Crippen molar-refractivity contribution in [3.8, 4) is 39.1 Å². The van der Waals surface area contributed by atoms with Crippen LogP contribution in [0.2, 0.25) is 13.1 Å². The van der Waals surface area contributed by atoms with E-state index in [0.717, 1.165) is 18.6 Å². The Labute approximate surface area is 303 Å². The maximum Gasteiger partial charge on any atom is 0.122 e. The van der Waals surface area contributed by atoms with Gasteiger partial charge in [-0.25, -0.2) is 0 Å². The molecule has 2 heteroatoms. The molecule has 5 aromatic rings. The minimum absolute atomic E-state index is 0.0472. The number of ether oxygens (including phenoxy) is 1. The first-order chi connectivity index (χ1) is 24.1. The van der Waals surface area contributed by atoms with Crippen LogP contribution in [0.1, 0.15) is 93.7 Å². The second kappa shape index (κ2) is 15.0. The fraction of sp³-hybridized carbons (Fsp3) is 0.333. The Bertz CT molecular complexity index is 1870. The molecule has 0 aliphatic heterocycles. The Morgan fingerprint density at radius 3 is 1.64 bits per heavy atom. The van der Waals surface area contributed by atoms with Gasteiger partial charge in [0.15, 0.2) is 0 Å². The third-order valence-electron chi connectivity index (χ3n) is 10.8. The maximum absolute atomic E-state index is 6.66. The second-order valence-corrected chi connectivity index (χ2v) is 20.5. The third-order valence-corrected chi connectivity index (χ3v) is 14.6. The largest absolute Gasteiger partial charge is 0.489 e. The Morgan fingerprint density at radius 1 is 0.660 bits per heavy atom. The molecule has 50 heavy (non-hydrogen) atoms. The van der Waals surface area contributed by atoms with E-state index in [1.54, 1.807) is 0 Å². The highest BCUT2D eigenvalue weighted by molar-refractivity contribution is 6.92. The number of hydrogen-bond donors (Lipinski definition) is 0. The van der Waals surface area contributed by atoms with Crippen molar-refractivity contribution in [2.45, 2.75) is 97.2 Å². The first kappa shape index (κ1) is 35.7. The minimum atomic E-state index is -2.32. The summed E-state index contributed by atoms with van der Waals surface area (Å²) >= 11 is 0. The van der Waals surface area contributed by atoms with Gasteiger partial charge in [-0.2, -0.15) is 0 Å². The normalized spacial score (nSPS) is 12.9. The molecular weight excluding hydrogens is 621 g/mol. The Morgan fingerprint density at radius 2 is 1.16 bits per heavy atom. The molecule has 0 radical (unpaired) electrons. The molecule has 6 rings (SSSR count). The van der Waals surface area contributed by atoms with E-state index in [9.17, 15) is 0 Å². The van der Waals surface area contributed by atoms with Gasteiger partial charge in [-0.15, -0.1) is 0 Å². The summed E-state index contributed by atoms with van der Waals surface area (Å²) in [7, 11) is -2.32. The minimum Gasteiger partial charge on any atom is -0.489 e. The number of hydrogen-bond acceptors (Lipinski definition) is 1. The Hall–Kier alpha value is -4.14. The maximum atomic E-state index is 6.66. The topological polar surface area (TPSA) is 9.23 Å². The second-order valence-electron chi connectivity index (χ2n) is 15.9. The average Bonchev–Trinajstić information content (AvgIpc) is 3.45. The lowest BCUT2D eigenvalue weighted by Crippen LogP contribution is -2.49. The zero-order valence-electron chi connectivity index (χ0n) is 31.5. The van der Waals surface area contributed by atoms with Crippen LogP contribution < -0.4 is 9.92 Å². The molecular formula is C48H56OSi. The van der Waals surface area contributed by atoms with E-state index in [1.807, 2.05) is 6.08 Å². The van der Waals surface area contributed by atoms with Crippen molar-refractivity contribution in [2.24, 2.45) is 0 Å². The van der Waals surface area contributed by atoms with E-state index >= 15 is 0 Å². The van der Waals surface area contributed by atoms with Crippen LogP contribution >= 0.6 is 0 Å². The van der Waals surface area contributed by atoms with E-state index in [-0.39, 0.29) is 11.0 Å². The lowest BCUT2D eigenvalue weighted by Gasteiger charge is -2.35. The summed E-state index contributed by atoms with van der Waals surface area (Å²) in [6.07, 6.45) is 8.99. The van der Waals surface area contributed by atoms with Gasteiger partial charge >= 0.3 is 0 Å². The van der Waals surface area contributed by atoms with Crippen LogP contribution in [0.15, 0.2) is 116 Å². The van der Waals surface area contributed by atoms with Crippen molar-refractivity contribution in [3.05, 3.63) is 144 Å². The summed E-state index contributed by atoms with van der Waals surface area (Å²) in [5.74, 6) is 1.06. The van der Waals surface area contributed by atoms with Crippen LogP contribution in [0.3, 0.4) is 0 Å². The van der Waals surface area contributed by atoms with Gasteiger partial charge in [0, 0.05) is 5.54 Å². The molecule has 0 heterocycles. The molecule has 0 fully saturated rings. The highest BCUT2D eigenvalue weighted by atomic mass is 28.3. The van der Waals surface area contributed by atoms with Crippen molar-refractivity contribution in [3.63, 3.8) is 0 Å². The van der Waals surface area contributed by atoms with Crippen LogP contribution in [-0.4, -0.2) is 14.7 Å². The van der Waals surface area contributed by atoms with Crippen LogP contribution in [0.25, 0.3) is 33.4 Å². The van der Waals surface area contributed by atoms with Crippen molar-refractivity contribution in [2.75, 3.05) is 6.61 Å². The molecule has 0 saturated carbocycles. The first-order valence-electron chi connectivity index (χ1n) is 18.9. The summed E-state index contributed by atoms with van der Waals surface area (Å²) in [5.41, 5.74) is 15.2. The fourth-order valence-corrected chi connectivity index (χ4v) is 11.7. The molecule has 0 N–H and O–H groups in total. The zero-order chi connectivity index (χ0) is 35.5. The number of aryl methyl sites for hydroxylation is 2. The standard InChI is InChI=1S/C48H56OSi/c1-9-12-17-34-19-14-21-36(30-34)38-25-27-40-41-28-26-39(37-22-15-20-35(31-37)18-13-10-2)33-43(41)47(42(40)32-38)50(7,8)45-24-16-23-44(48(4,5)6)46(45)49-29-11-3/h11,14-16,19-28,30-33,47H,3,9-10,12-13,17-18,29H2,1-2,4-8H3. The van der Waals surface area contributed by atoms with Crippen LogP contribution in [0, 0.1) is 0 Å². The van der Waals surface area contributed by atoms with Gasteiger partial charge in [-0.3, -0.25) is 0 Å². The number of fused-ring (bicyclic) bond motifs is 3. The summed E-state index contributed by atoms with van der Waals surface area (Å²) in [6, 6.07) is 39.9. The smallest absolute Gasteiger partial charge is 0.122 e. The van der Waals surface area contributed by atoms with Gasteiger partial charge in [-0.1, -0.05) is 176 Å². The number of benzene rings is 5. The quantitative estimate of drug-likeness (QED) is 0.0891. The molecule has 0 spiro atoms. The zero-order valence-corrected chi connectivity index (χ0v) is 32.5. The highest BCUT2D eigenvalue weighted by Crippen LogP contribution is 2.51. The summed E-state index contributed by atoms with van der Waals surface area (Å²) in [4.78, 5) is 0. The van der Waals surface area contributed by atoms with Crippen LogP contribution in [0.5, 0.6) is 5.75 Å². The van der Waals surface area contributed by atoms with E-state index < -0.39 is 8.07 Å². The molecule has 0 atom stereocenters. The van der Waals surface area contributed by atoms with Gasteiger partial charge in [0.25, 0.3) is 0 Å². The summed E-state index contributed by atoms with van der Waals surface area (Å²) in [5, 5.41) is 1.38. The first-order valence-corrected chi connectivity index (χ1v) is 22.0. The van der Waals surface area contributed by atoms with Gasteiger partial charge in [0.1, 0.15) is 12.4 Å². The number of rotatable bonds is 13. The molecule has 0 bridgehead atoms. The summed E-state index contributed by atoms with van der Waals surface area (Å²) in [6.45, 7) is 21.1. The van der Waals surface area contributed by atoms with Crippen molar-refractivity contribution in [1.82, 2.24) is 0 Å².